The Morgan fingerprint density at radius 1 is 1.05 bits per heavy atom. The quantitative estimate of drug-likeness (QED) is 0.0449. The molecule has 16 unspecified atom stereocenters. The van der Waals surface area contributed by atoms with E-state index in [2.05, 4.69) is 11.6 Å². The van der Waals surface area contributed by atoms with E-state index in [4.69, 9.17) is 57.4 Å². The third-order valence-corrected chi connectivity index (χ3v) is 14.7. The standard InChI is InChI=1S/C45H61Cl2N3O14/c1-17(2)35-37(54)31(42(56)50(35)43-40(59-10)39(62-24(9)51)38(22(7)61-43)64-44(48)57)36(53)30-19(4)11-13-25-27(14-12-18(3)29(25)30)63-28-16-45(58,41(55)23(8)60-28)20(5)15-26(52)34-33(47)32(46)21(6)49-34/h11,13,17,19-20,22-23,25,27-30,35,38-41,43,49,53,55,58H,3,12,14-16H2,1-2,4-10H3,(H2,48,57)/b36-31-. The molecule has 1 aromatic rings. The van der Waals surface area contributed by atoms with Gasteiger partial charge in [0.25, 0.3) is 5.91 Å². The maximum Gasteiger partial charge on any atom is 0.405 e. The molecule has 4 fully saturated rings. The number of esters is 1. The van der Waals surface area contributed by atoms with Crippen molar-refractivity contribution in [3.8, 4) is 0 Å². The van der Waals surface area contributed by atoms with Gasteiger partial charge in [0, 0.05) is 44.4 Å². The van der Waals surface area contributed by atoms with Crippen LogP contribution in [0.3, 0.4) is 0 Å². The second-order valence-corrected chi connectivity index (χ2v) is 19.1. The van der Waals surface area contributed by atoms with Gasteiger partial charge in [0.05, 0.1) is 28.4 Å². The van der Waals surface area contributed by atoms with Crippen molar-refractivity contribution in [2.24, 2.45) is 41.2 Å². The number of hydrogen-bond donors (Lipinski definition) is 5. The number of aryl methyl sites for hydroxylation is 1. The lowest BCUT2D eigenvalue weighted by atomic mass is 9.61. The number of H-pyrrole nitrogens is 1. The topological polar surface area (TPSA) is 246 Å². The number of aliphatic hydroxyl groups is 3. The van der Waals surface area contributed by atoms with Gasteiger partial charge in [-0.3, -0.25) is 24.1 Å². The summed E-state index contributed by atoms with van der Waals surface area (Å²) in [6.07, 6.45) is -6.61. The van der Waals surface area contributed by atoms with Gasteiger partial charge in [-0.15, -0.1) is 0 Å². The number of aliphatic hydroxyl groups excluding tert-OH is 2. The summed E-state index contributed by atoms with van der Waals surface area (Å²) in [4.78, 5) is 71.0. The fraction of sp³-hybridized carbons (Fsp3) is 0.667. The molecule has 6 N–H and O–H groups in total. The third-order valence-electron chi connectivity index (χ3n) is 13.8. The van der Waals surface area contributed by atoms with E-state index in [1.807, 2.05) is 19.1 Å². The van der Waals surface area contributed by atoms with Crippen molar-refractivity contribution in [3.63, 3.8) is 0 Å². The maximum absolute atomic E-state index is 14.8. The van der Waals surface area contributed by atoms with Crippen molar-refractivity contribution in [2.75, 3.05) is 7.11 Å². The highest BCUT2D eigenvalue weighted by Crippen LogP contribution is 2.51. The first kappa shape index (κ1) is 49.6. The molecule has 3 aliphatic heterocycles. The number of halogens is 2. The molecule has 19 heteroatoms. The predicted molar refractivity (Wildman–Crippen MR) is 231 cm³/mol. The van der Waals surface area contributed by atoms with Crippen molar-refractivity contribution in [2.45, 2.75) is 148 Å². The molecule has 0 aromatic carbocycles. The highest BCUT2D eigenvalue weighted by atomic mass is 35.5. The van der Waals surface area contributed by atoms with Crippen molar-refractivity contribution in [1.29, 1.82) is 0 Å². The number of nitrogens with two attached hydrogens (primary N) is 1. The zero-order valence-corrected chi connectivity index (χ0v) is 39.1. The van der Waals surface area contributed by atoms with Crippen LogP contribution in [0.25, 0.3) is 0 Å². The molecule has 16 atom stereocenters. The Morgan fingerprint density at radius 2 is 1.72 bits per heavy atom. The average Bonchev–Trinajstić information content (AvgIpc) is 3.63. The van der Waals surface area contributed by atoms with E-state index in [9.17, 15) is 39.3 Å². The number of nitrogens with zero attached hydrogens (tertiary/aromatic N) is 1. The summed E-state index contributed by atoms with van der Waals surface area (Å²) >= 11 is 12.5. The molecule has 2 amide bonds. The summed E-state index contributed by atoms with van der Waals surface area (Å²) < 4.78 is 35.6. The number of hydrogen-bond acceptors (Lipinski definition) is 14. The van der Waals surface area contributed by atoms with Gasteiger partial charge in [-0.2, -0.15) is 0 Å². The maximum atomic E-state index is 14.8. The molecule has 0 bridgehead atoms. The highest BCUT2D eigenvalue weighted by molar-refractivity contribution is 6.44. The van der Waals surface area contributed by atoms with Crippen LogP contribution in [0.2, 0.25) is 10.0 Å². The number of carbonyl (C=O) groups excluding carboxylic acids is 5. The minimum Gasteiger partial charge on any atom is -0.511 e. The van der Waals surface area contributed by atoms with Gasteiger partial charge >= 0.3 is 12.1 Å². The van der Waals surface area contributed by atoms with Crippen molar-refractivity contribution in [3.05, 3.63) is 57.1 Å². The average molecular weight is 939 g/mol. The van der Waals surface area contributed by atoms with Crippen LogP contribution in [0.5, 0.6) is 0 Å². The summed E-state index contributed by atoms with van der Waals surface area (Å²) in [5, 5.41) is 36.1. The van der Waals surface area contributed by atoms with Crippen molar-refractivity contribution >= 4 is 52.7 Å². The van der Waals surface area contributed by atoms with Gasteiger partial charge in [-0.25, -0.2) is 4.79 Å². The highest BCUT2D eigenvalue weighted by Gasteiger charge is 2.59. The van der Waals surface area contributed by atoms with E-state index in [-0.39, 0.29) is 34.5 Å². The van der Waals surface area contributed by atoms with Gasteiger partial charge < -0.3 is 54.5 Å². The van der Waals surface area contributed by atoms with Crippen LogP contribution in [-0.4, -0.2) is 129 Å². The minimum atomic E-state index is -1.81. The van der Waals surface area contributed by atoms with Gasteiger partial charge in [-0.1, -0.05) is 75.2 Å². The van der Waals surface area contributed by atoms with Crippen molar-refractivity contribution in [1.82, 2.24) is 9.88 Å². The van der Waals surface area contributed by atoms with Crippen molar-refractivity contribution < 1.29 is 67.7 Å². The number of aromatic amines is 1. The van der Waals surface area contributed by atoms with Crippen LogP contribution in [0.15, 0.2) is 35.6 Å². The van der Waals surface area contributed by atoms with Gasteiger partial charge in [0.1, 0.15) is 40.9 Å². The molecule has 2 aliphatic carbocycles. The Balaban J connectivity index is 1.27. The van der Waals surface area contributed by atoms with E-state index < -0.39 is 137 Å². The number of allylic oxidation sites excluding steroid dienone is 3. The molecule has 0 radical (unpaired) electrons. The Labute approximate surface area is 382 Å². The second kappa shape index (κ2) is 19.2. The van der Waals surface area contributed by atoms with Gasteiger partial charge in [0.2, 0.25) is 0 Å². The molecule has 1 saturated carbocycles. The molecule has 17 nitrogen and oxygen atoms in total. The molecule has 1 aromatic heterocycles. The lowest BCUT2D eigenvalue weighted by Gasteiger charge is -2.50. The summed E-state index contributed by atoms with van der Waals surface area (Å²) in [5.74, 6) is -6.40. The van der Waals surface area contributed by atoms with Gasteiger partial charge in [-0.05, 0) is 57.3 Å². The van der Waals surface area contributed by atoms with E-state index in [0.29, 0.717) is 18.5 Å². The number of amides is 2. The Bertz CT molecular complexity index is 2090. The van der Waals surface area contributed by atoms with E-state index in [0.717, 1.165) is 12.5 Å². The predicted octanol–water partition coefficient (Wildman–Crippen LogP) is 5.26. The fourth-order valence-electron chi connectivity index (χ4n) is 10.5. The van der Waals surface area contributed by atoms with E-state index >= 15 is 0 Å². The summed E-state index contributed by atoms with van der Waals surface area (Å²) in [5.41, 5.74) is 4.52. The largest absolute Gasteiger partial charge is 0.511 e. The number of aromatic nitrogens is 1. The number of ether oxygens (including phenoxy) is 6. The molecule has 4 heterocycles. The van der Waals surface area contributed by atoms with E-state index in [1.165, 1.54) is 18.9 Å². The number of ketones is 2. The zero-order valence-electron chi connectivity index (χ0n) is 37.5. The number of primary amides is 1. The Kier molecular flexibility index (Phi) is 14.9. The molecule has 5 aliphatic rings. The van der Waals surface area contributed by atoms with Crippen LogP contribution in [-0.2, 0) is 42.8 Å². The lowest BCUT2D eigenvalue weighted by molar-refractivity contribution is -0.301. The molecule has 0 spiro atoms. The smallest absolute Gasteiger partial charge is 0.405 e. The number of rotatable bonds is 12. The second-order valence-electron chi connectivity index (χ2n) is 18.4. The first-order chi connectivity index (χ1) is 29.9. The summed E-state index contributed by atoms with van der Waals surface area (Å²) in [6.45, 7) is 17.4. The monoisotopic (exact) mass is 937 g/mol. The Morgan fingerprint density at radius 3 is 2.30 bits per heavy atom. The van der Waals surface area contributed by atoms with Gasteiger partial charge in [0.15, 0.2) is 36.3 Å². The number of Topliss-reactive ketones (excluding diaryl/α,β-unsaturated/α-hetero) is 2. The summed E-state index contributed by atoms with van der Waals surface area (Å²) in [6, 6.07) is -1.14. The molecule has 3 saturated heterocycles. The molecular formula is C45H61Cl2N3O14. The summed E-state index contributed by atoms with van der Waals surface area (Å²) in [7, 11) is 1.29. The SMILES string of the molecule is C=C1CCC(OC2CC(O)(C(C)CC(=O)c3[nH]c(C)c(Cl)c3Cl)C(O)C(C)O2)C2C=CC(C)C(/C(O)=C3\C(=O)C(C(C)C)N(C4OC(C)C(OC(N)=O)C(OC(C)=O)C4OC)C3=O)C12. The number of nitrogens with one attached hydrogen (secondary N) is 1. The third kappa shape index (κ3) is 9.03. The fourth-order valence-corrected chi connectivity index (χ4v) is 11.0. The zero-order chi connectivity index (χ0) is 47.4. The van der Waals surface area contributed by atoms with E-state index in [1.54, 1.807) is 34.6 Å². The van der Waals surface area contributed by atoms with Crippen LogP contribution < -0.4 is 5.73 Å². The normalized spacial score (nSPS) is 38.0. The molecule has 64 heavy (non-hydrogen) atoms. The van der Waals surface area contributed by atoms with Crippen LogP contribution in [0.1, 0.15) is 90.3 Å². The van der Waals surface area contributed by atoms with Crippen LogP contribution in [0, 0.1) is 42.4 Å². The number of methoxy groups -OCH3 is 1. The first-order valence-electron chi connectivity index (χ1n) is 21.7. The first-order valence-corrected chi connectivity index (χ1v) is 22.5. The number of carbonyl (C=O) groups is 5. The lowest BCUT2D eigenvalue weighted by Crippen LogP contribution is -2.66. The molecule has 354 valence electrons. The molecular weight excluding hydrogens is 877 g/mol. The minimum absolute atomic E-state index is 0.0846. The number of fused-ring (bicyclic) bond motifs is 1. The van der Waals surface area contributed by atoms with Crippen LogP contribution >= 0.6 is 23.2 Å². The van der Waals surface area contributed by atoms with Crippen LogP contribution in [0.4, 0.5) is 4.79 Å². The molecule has 6 rings (SSSR count). The Hall–Kier alpha value is -3.81. The number of likely N-dealkylation sites (tertiary alicyclic amines) is 1.